The van der Waals surface area contributed by atoms with E-state index in [1.165, 1.54) is 0 Å². The van der Waals surface area contributed by atoms with E-state index >= 15 is 0 Å². The molecule has 1 rings (SSSR count). The van der Waals surface area contributed by atoms with Crippen molar-refractivity contribution in [1.29, 1.82) is 0 Å². The number of nitrogens with two attached hydrogens (primary N) is 1. The highest BCUT2D eigenvalue weighted by atomic mass is 32.2. The van der Waals surface area contributed by atoms with Crippen LogP contribution in [0, 0.1) is 5.92 Å². The van der Waals surface area contributed by atoms with E-state index in [9.17, 15) is 8.42 Å². The van der Waals surface area contributed by atoms with Gasteiger partial charge in [0.25, 0.3) is 0 Å². The van der Waals surface area contributed by atoms with Crippen molar-refractivity contribution >= 4 is 9.84 Å². The summed E-state index contributed by atoms with van der Waals surface area (Å²) >= 11 is 0. The predicted molar refractivity (Wildman–Crippen MR) is 61.2 cm³/mol. The molecule has 0 unspecified atom stereocenters. The highest BCUT2D eigenvalue weighted by molar-refractivity contribution is 7.91. The Morgan fingerprint density at radius 1 is 1.27 bits per heavy atom. The van der Waals surface area contributed by atoms with Crippen LogP contribution in [0.3, 0.4) is 0 Å². The summed E-state index contributed by atoms with van der Waals surface area (Å²) in [4.78, 5) is 0.376. The molecule has 1 aromatic rings. The molecule has 0 fully saturated rings. The molecule has 0 bridgehead atoms. The van der Waals surface area contributed by atoms with Gasteiger partial charge in [-0.1, -0.05) is 32.0 Å². The van der Waals surface area contributed by atoms with Gasteiger partial charge in [0.1, 0.15) is 0 Å². The van der Waals surface area contributed by atoms with Crippen LogP contribution in [0.25, 0.3) is 0 Å². The summed E-state index contributed by atoms with van der Waals surface area (Å²) in [6, 6.07) is 6.91. The fraction of sp³-hybridized carbons (Fsp3) is 0.455. The monoisotopic (exact) mass is 227 g/mol. The van der Waals surface area contributed by atoms with E-state index in [0.29, 0.717) is 10.5 Å². The Balaban J connectivity index is 3.15. The zero-order valence-electron chi connectivity index (χ0n) is 9.10. The molecule has 15 heavy (non-hydrogen) atoms. The Morgan fingerprint density at radius 2 is 1.87 bits per heavy atom. The first-order valence-electron chi connectivity index (χ1n) is 4.98. The SMILES string of the molecule is CC(C)CS(=O)(=O)c1ccccc1CN. The van der Waals surface area contributed by atoms with Crippen molar-refractivity contribution in [1.82, 2.24) is 0 Å². The lowest BCUT2D eigenvalue weighted by molar-refractivity contribution is 0.581. The van der Waals surface area contributed by atoms with Crippen LogP contribution in [0.15, 0.2) is 29.2 Å². The maximum Gasteiger partial charge on any atom is 0.178 e. The maximum absolute atomic E-state index is 12.0. The van der Waals surface area contributed by atoms with Gasteiger partial charge in [-0.3, -0.25) is 0 Å². The van der Waals surface area contributed by atoms with Crippen molar-refractivity contribution in [3.05, 3.63) is 29.8 Å². The third kappa shape index (κ3) is 3.04. The number of rotatable bonds is 4. The summed E-state index contributed by atoms with van der Waals surface area (Å²) < 4.78 is 23.9. The minimum atomic E-state index is -3.18. The van der Waals surface area contributed by atoms with Crippen molar-refractivity contribution in [2.45, 2.75) is 25.3 Å². The molecule has 0 heterocycles. The van der Waals surface area contributed by atoms with Crippen LogP contribution in [0.1, 0.15) is 19.4 Å². The molecule has 0 radical (unpaired) electrons. The molecule has 0 aliphatic rings. The van der Waals surface area contributed by atoms with Gasteiger partial charge in [0.15, 0.2) is 9.84 Å². The Hall–Kier alpha value is -0.870. The molecular formula is C11H17NO2S. The van der Waals surface area contributed by atoms with Crippen molar-refractivity contribution in [2.75, 3.05) is 5.75 Å². The summed E-state index contributed by atoms with van der Waals surface area (Å²) in [5, 5.41) is 0. The first-order valence-corrected chi connectivity index (χ1v) is 6.63. The van der Waals surface area contributed by atoms with E-state index < -0.39 is 9.84 Å². The van der Waals surface area contributed by atoms with E-state index in [1.807, 2.05) is 13.8 Å². The summed E-state index contributed by atoms with van der Waals surface area (Å²) in [5.41, 5.74) is 6.21. The van der Waals surface area contributed by atoms with E-state index in [-0.39, 0.29) is 18.2 Å². The van der Waals surface area contributed by atoms with Gasteiger partial charge in [-0.2, -0.15) is 0 Å². The molecule has 0 saturated heterocycles. The zero-order chi connectivity index (χ0) is 11.5. The lowest BCUT2D eigenvalue weighted by Crippen LogP contribution is -2.15. The highest BCUT2D eigenvalue weighted by Crippen LogP contribution is 2.18. The minimum absolute atomic E-state index is 0.126. The van der Waals surface area contributed by atoms with Crippen molar-refractivity contribution < 1.29 is 8.42 Å². The van der Waals surface area contributed by atoms with Crippen LogP contribution in [0.5, 0.6) is 0 Å². The fourth-order valence-corrected chi connectivity index (χ4v) is 3.40. The number of sulfone groups is 1. The van der Waals surface area contributed by atoms with Gasteiger partial charge in [-0.15, -0.1) is 0 Å². The number of hydrogen-bond acceptors (Lipinski definition) is 3. The van der Waals surface area contributed by atoms with Crippen molar-refractivity contribution in [3.63, 3.8) is 0 Å². The highest BCUT2D eigenvalue weighted by Gasteiger charge is 2.18. The first-order chi connectivity index (χ1) is 6.97. The largest absolute Gasteiger partial charge is 0.326 e. The van der Waals surface area contributed by atoms with Crippen LogP contribution < -0.4 is 5.73 Å². The number of benzene rings is 1. The second-order valence-corrected chi connectivity index (χ2v) is 5.99. The average Bonchev–Trinajstić information content (AvgIpc) is 2.16. The van der Waals surface area contributed by atoms with E-state index in [1.54, 1.807) is 24.3 Å². The van der Waals surface area contributed by atoms with Crippen molar-refractivity contribution in [3.8, 4) is 0 Å². The molecule has 84 valence electrons. The fourth-order valence-electron chi connectivity index (χ4n) is 1.50. The molecule has 0 aromatic heterocycles. The first kappa shape index (κ1) is 12.2. The van der Waals surface area contributed by atoms with E-state index in [4.69, 9.17) is 5.73 Å². The Morgan fingerprint density at radius 3 is 2.40 bits per heavy atom. The molecule has 0 atom stereocenters. The van der Waals surface area contributed by atoms with Crippen LogP contribution in [0.2, 0.25) is 0 Å². The Bertz CT molecular complexity index is 424. The van der Waals surface area contributed by atoms with Crippen LogP contribution in [-0.4, -0.2) is 14.2 Å². The molecule has 0 aliphatic heterocycles. The van der Waals surface area contributed by atoms with Crippen LogP contribution in [-0.2, 0) is 16.4 Å². The standard InChI is InChI=1S/C11H17NO2S/c1-9(2)8-15(13,14)11-6-4-3-5-10(11)7-12/h3-6,9H,7-8,12H2,1-2H3. The van der Waals surface area contributed by atoms with Gasteiger partial charge < -0.3 is 5.73 Å². The van der Waals surface area contributed by atoms with Gasteiger partial charge in [-0.05, 0) is 17.5 Å². The molecule has 0 aliphatic carbocycles. The summed E-state index contributed by atoms with van der Waals surface area (Å²) in [6.07, 6.45) is 0. The van der Waals surface area contributed by atoms with Gasteiger partial charge in [-0.25, -0.2) is 8.42 Å². The molecule has 0 spiro atoms. The maximum atomic E-state index is 12.0. The Labute approximate surface area is 91.2 Å². The van der Waals surface area contributed by atoms with Gasteiger partial charge >= 0.3 is 0 Å². The summed E-state index contributed by atoms with van der Waals surface area (Å²) in [6.45, 7) is 4.04. The van der Waals surface area contributed by atoms with Gasteiger partial charge in [0.2, 0.25) is 0 Å². The summed E-state index contributed by atoms with van der Waals surface area (Å²) in [5.74, 6) is 0.296. The van der Waals surface area contributed by atoms with Crippen LogP contribution in [0.4, 0.5) is 0 Å². The average molecular weight is 227 g/mol. The molecule has 4 heteroatoms. The van der Waals surface area contributed by atoms with Gasteiger partial charge in [0.05, 0.1) is 10.6 Å². The second kappa shape index (κ2) is 4.77. The summed E-state index contributed by atoms with van der Waals surface area (Å²) in [7, 11) is -3.18. The molecule has 0 amide bonds. The van der Waals surface area contributed by atoms with Crippen LogP contribution >= 0.6 is 0 Å². The molecule has 3 nitrogen and oxygen atoms in total. The molecule has 0 saturated carbocycles. The quantitative estimate of drug-likeness (QED) is 0.849. The van der Waals surface area contributed by atoms with Gasteiger partial charge in [0, 0.05) is 6.54 Å². The Kier molecular flexibility index (Phi) is 3.88. The third-order valence-corrected chi connectivity index (χ3v) is 4.25. The smallest absolute Gasteiger partial charge is 0.178 e. The molecule has 2 N–H and O–H groups in total. The lowest BCUT2D eigenvalue weighted by Gasteiger charge is -2.10. The third-order valence-electron chi connectivity index (χ3n) is 2.08. The number of hydrogen-bond donors (Lipinski definition) is 1. The molecule has 1 aromatic carbocycles. The molecular weight excluding hydrogens is 210 g/mol. The second-order valence-electron chi connectivity index (χ2n) is 3.99. The van der Waals surface area contributed by atoms with E-state index in [0.717, 1.165) is 0 Å². The zero-order valence-corrected chi connectivity index (χ0v) is 9.92. The predicted octanol–water partition coefficient (Wildman–Crippen LogP) is 1.57. The lowest BCUT2D eigenvalue weighted by atomic mass is 10.2. The van der Waals surface area contributed by atoms with Crippen molar-refractivity contribution in [2.24, 2.45) is 11.7 Å². The normalized spacial score (nSPS) is 12.0. The van der Waals surface area contributed by atoms with E-state index in [2.05, 4.69) is 0 Å². The topological polar surface area (TPSA) is 60.2 Å². The minimum Gasteiger partial charge on any atom is -0.326 e.